The quantitative estimate of drug-likeness (QED) is 0.220. The molecule has 10 heteroatoms. The van der Waals surface area contributed by atoms with E-state index in [9.17, 15) is 24.0 Å². The monoisotopic (exact) mass is 429 g/mol. The van der Waals surface area contributed by atoms with E-state index in [-0.39, 0.29) is 11.4 Å². The molecule has 2 fully saturated rings. The summed E-state index contributed by atoms with van der Waals surface area (Å²) < 4.78 is 21.3. The second-order valence-electron chi connectivity index (χ2n) is 7.45. The predicted octanol–water partition coefficient (Wildman–Crippen LogP) is 0.877. The van der Waals surface area contributed by atoms with E-state index in [1.807, 2.05) is 0 Å². The van der Waals surface area contributed by atoms with E-state index in [1.54, 1.807) is 12.1 Å². The first kappa shape index (κ1) is 20.7. The summed E-state index contributed by atoms with van der Waals surface area (Å²) in [5.74, 6) is -4.94. The molecule has 2 saturated heterocycles. The van der Waals surface area contributed by atoms with E-state index >= 15 is 0 Å². The molecule has 1 aromatic rings. The number of carbonyl (C=O) groups excluding carboxylic acids is 5. The van der Waals surface area contributed by atoms with Crippen LogP contribution in [0.3, 0.4) is 0 Å². The van der Waals surface area contributed by atoms with Gasteiger partial charge in [0.2, 0.25) is 11.8 Å². The van der Waals surface area contributed by atoms with Crippen LogP contribution in [0.1, 0.15) is 20.8 Å². The zero-order valence-electron chi connectivity index (χ0n) is 16.9. The van der Waals surface area contributed by atoms with Gasteiger partial charge in [0.05, 0.1) is 23.6 Å². The molecule has 4 rings (SSSR count). The van der Waals surface area contributed by atoms with E-state index in [0.29, 0.717) is 0 Å². The van der Waals surface area contributed by atoms with Gasteiger partial charge in [-0.1, -0.05) is 12.1 Å². The number of rotatable bonds is 5. The Kier molecular flexibility index (Phi) is 4.89. The van der Waals surface area contributed by atoms with Gasteiger partial charge in [0, 0.05) is 26.8 Å². The van der Waals surface area contributed by atoms with Crippen molar-refractivity contribution in [2.24, 2.45) is 11.8 Å². The lowest BCUT2D eigenvalue weighted by Crippen LogP contribution is -2.52. The van der Waals surface area contributed by atoms with Crippen LogP contribution in [0.15, 0.2) is 36.4 Å². The van der Waals surface area contributed by atoms with Crippen molar-refractivity contribution in [2.75, 3.05) is 4.90 Å². The molecule has 0 N–H and O–H groups in total. The Labute approximate surface area is 176 Å². The van der Waals surface area contributed by atoms with Crippen molar-refractivity contribution in [3.8, 4) is 5.75 Å². The van der Waals surface area contributed by atoms with Crippen LogP contribution in [0.25, 0.3) is 0 Å². The highest BCUT2D eigenvalue weighted by atomic mass is 16.7. The molecule has 31 heavy (non-hydrogen) atoms. The molecule has 0 radical (unpaired) electrons. The number of hydrogen-bond donors (Lipinski definition) is 0. The van der Waals surface area contributed by atoms with Crippen molar-refractivity contribution in [1.82, 2.24) is 0 Å². The van der Waals surface area contributed by atoms with E-state index in [4.69, 9.17) is 18.9 Å². The summed E-state index contributed by atoms with van der Waals surface area (Å²) in [5.41, 5.74) is -1.41. The Morgan fingerprint density at radius 3 is 2.32 bits per heavy atom. The Bertz CT molecular complexity index is 1020. The molecule has 4 atom stereocenters. The summed E-state index contributed by atoms with van der Waals surface area (Å²) in [5, 5.41) is 0. The van der Waals surface area contributed by atoms with Crippen LogP contribution < -0.4 is 9.64 Å². The number of anilines is 1. The normalized spacial score (nSPS) is 28.1. The van der Waals surface area contributed by atoms with Crippen molar-refractivity contribution < 1.29 is 42.9 Å². The fraction of sp³-hybridized carbons (Fsp3) is 0.381. The average molecular weight is 429 g/mol. The summed E-state index contributed by atoms with van der Waals surface area (Å²) in [6.07, 6.45) is 0.796. The first-order chi connectivity index (χ1) is 14.6. The second-order valence-corrected chi connectivity index (χ2v) is 7.45. The molecule has 3 aliphatic heterocycles. The zero-order valence-corrected chi connectivity index (χ0v) is 16.9. The number of imide groups is 1. The number of carbonyl (C=O) groups is 5. The maximum atomic E-state index is 13.4. The second kappa shape index (κ2) is 7.31. The number of nitrogens with zero attached hydrogens (tertiary/aromatic N) is 1. The summed E-state index contributed by atoms with van der Waals surface area (Å²) in [6, 6.07) is 5.99. The Morgan fingerprint density at radius 1 is 1.03 bits per heavy atom. The predicted molar refractivity (Wildman–Crippen MR) is 101 cm³/mol. The van der Waals surface area contributed by atoms with Gasteiger partial charge < -0.3 is 18.9 Å². The van der Waals surface area contributed by atoms with E-state index in [0.717, 1.165) is 18.7 Å². The molecule has 2 bridgehead atoms. The molecule has 162 valence electrons. The topological polar surface area (TPSA) is 126 Å². The third kappa shape index (κ3) is 3.28. The standard InChI is InChI=1S/C21H19NO9/c1-10(23)28-14-6-4-5-13(9-14)22-18(26)16-15-7-8-21(31-15,17(16)19(22)27)20(29-11(2)24)30-12(3)25/h4-9,15-17,20H,1-3H3/t15-,16-,17+,21+/m1/s1. The van der Waals surface area contributed by atoms with Gasteiger partial charge in [-0.2, -0.15) is 0 Å². The maximum Gasteiger partial charge on any atom is 0.308 e. The minimum absolute atomic E-state index is 0.174. The number of esters is 3. The van der Waals surface area contributed by atoms with Gasteiger partial charge in [0.25, 0.3) is 6.29 Å². The molecular weight excluding hydrogens is 410 g/mol. The minimum atomic E-state index is -1.62. The molecular formula is C21H19NO9. The van der Waals surface area contributed by atoms with Crippen LogP contribution in [0.5, 0.6) is 5.75 Å². The Morgan fingerprint density at radius 2 is 1.71 bits per heavy atom. The van der Waals surface area contributed by atoms with Gasteiger partial charge in [0.15, 0.2) is 5.60 Å². The summed E-state index contributed by atoms with van der Waals surface area (Å²) in [6.45, 7) is 3.49. The van der Waals surface area contributed by atoms with E-state index < -0.39 is 59.6 Å². The molecule has 0 aromatic heterocycles. The highest BCUT2D eigenvalue weighted by molar-refractivity contribution is 6.23. The van der Waals surface area contributed by atoms with Crippen LogP contribution in [0.4, 0.5) is 5.69 Å². The van der Waals surface area contributed by atoms with Gasteiger partial charge in [-0.3, -0.25) is 24.0 Å². The summed E-state index contributed by atoms with van der Waals surface area (Å²) in [4.78, 5) is 62.1. The van der Waals surface area contributed by atoms with Crippen molar-refractivity contribution >= 4 is 35.4 Å². The lowest BCUT2D eigenvalue weighted by molar-refractivity contribution is -0.226. The number of amides is 2. The van der Waals surface area contributed by atoms with Gasteiger partial charge in [-0.05, 0) is 18.2 Å². The molecule has 3 heterocycles. The highest BCUT2D eigenvalue weighted by Gasteiger charge is 2.72. The zero-order chi connectivity index (χ0) is 22.5. The van der Waals surface area contributed by atoms with Crippen molar-refractivity contribution in [1.29, 1.82) is 0 Å². The van der Waals surface area contributed by atoms with Crippen molar-refractivity contribution in [3.05, 3.63) is 36.4 Å². The van der Waals surface area contributed by atoms with Crippen LogP contribution in [0.2, 0.25) is 0 Å². The molecule has 2 amide bonds. The lowest BCUT2D eigenvalue weighted by Gasteiger charge is -2.34. The molecule has 0 saturated carbocycles. The van der Waals surface area contributed by atoms with Crippen molar-refractivity contribution in [2.45, 2.75) is 38.8 Å². The van der Waals surface area contributed by atoms with Crippen LogP contribution in [-0.2, 0) is 38.2 Å². The first-order valence-corrected chi connectivity index (χ1v) is 9.52. The molecule has 0 aliphatic carbocycles. The van der Waals surface area contributed by atoms with E-state index in [2.05, 4.69) is 0 Å². The fourth-order valence-corrected chi connectivity index (χ4v) is 4.32. The average Bonchev–Trinajstić information content (AvgIpc) is 3.31. The van der Waals surface area contributed by atoms with Crippen LogP contribution >= 0.6 is 0 Å². The van der Waals surface area contributed by atoms with Crippen LogP contribution in [-0.4, -0.2) is 47.7 Å². The molecule has 0 spiro atoms. The molecule has 1 aromatic carbocycles. The van der Waals surface area contributed by atoms with Crippen molar-refractivity contribution in [3.63, 3.8) is 0 Å². The van der Waals surface area contributed by atoms with Gasteiger partial charge >= 0.3 is 17.9 Å². The van der Waals surface area contributed by atoms with Gasteiger partial charge in [-0.15, -0.1) is 0 Å². The highest BCUT2D eigenvalue weighted by Crippen LogP contribution is 2.54. The van der Waals surface area contributed by atoms with Gasteiger partial charge in [0.1, 0.15) is 5.75 Å². The lowest BCUT2D eigenvalue weighted by atomic mass is 9.76. The fourth-order valence-electron chi connectivity index (χ4n) is 4.32. The van der Waals surface area contributed by atoms with Gasteiger partial charge in [-0.25, -0.2) is 4.90 Å². The largest absolute Gasteiger partial charge is 0.427 e. The third-order valence-corrected chi connectivity index (χ3v) is 5.33. The molecule has 10 nitrogen and oxygen atoms in total. The number of benzene rings is 1. The maximum absolute atomic E-state index is 13.4. The Balaban J connectivity index is 1.71. The molecule has 3 aliphatic rings. The SMILES string of the molecule is CC(=O)Oc1cccc(N2C(=O)[C@H]3[C@@H](C2=O)[C@]2(C(OC(C)=O)OC(C)=O)C=C[C@H]3O2)c1. The molecule has 0 unspecified atom stereocenters. The number of hydrogen-bond acceptors (Lipinski definition) is 9. The number of fused-ring (bicyclic) bond motifs is 5. The number of ether oxygens (including phenoxy) is 4. The minimum Gasteiger partial charge on any atom is -0.427 e. The Hall–Kier alpha value is -3.53. The van der Waals surface area contributed by atoms with E-state index in [1.165, 1.54) is 31.2 Å². The summed E-state index contributed by atoms with van der Waals surface area (Å²) in [7, 11) is 0. The smallest absolute Gasteiger partial charge is 0.308 e. The summed E-state index contributed by atoms with van der Waals surface area (Å²) >= 11 is 0. The third-order valence-electron chi connectivity index (χ3n) is 5.33. The first-order valence-electron chi connectivity index (χ1n) is 9.52. The van der Waals surface area contributed by atoms with Crippen LogP contribution in [0, 0.1) is 11.8 Å².